The molecule has 0 spiro atoms. The molecule has 30 heavy (non-hydrogen) atoms. The fourth-order valence-electron chi connectivity index (χ4n) is 2.91. The van der Waals surface area contributed by atoms with E-state index in [1.807, 2.05) is 4.90 Å². The maximum Gasteiger partial charge on any atom is 0.326 e. The van der Waals surface area contributed by atoms with Gasteiger partial charge in [0, 0.05) is 44.4 Å². The van der Waals surface area contributed by atoms with E-state index in [-0.39, 0.29) is 11.9 Å². The molecule has 1 aromatic carbocycles. The maximum absolute atomic E-state index is 13.4. The standard InChI is InChI=1S/C18H21ClFN7O3/c19-14-2-1-12(20)7-15(14)30-13-3-5-26(6-4-13)18-23-8-11(9-24-18)17(21)25-27(22)10-16(28)29/h1-2,7-9,13H,3-6,10,22H2,(H2,21,25)(H,28,29). The van der Waals surface area contributed by atoms with Crippen molar-refractivity contribution in [2.24, 2.45) is 16.7 Å². The summed E-state index contributed by atoms with van der Waals surface area (Å²) >= 11 is 6.05. The summed E-state index contributed by atoms with van der Waals surface area (Å²) in [5.74, 6) is 4.77. The molecule has 160 valence electrons. The van der Waals surface area contributed by atoms with E-state index in [0.29, 0.717) is 48.2 Å². The molecule has 12 heteroatoms. The van der Waals surface area contributed by atoms with Gasteiger partial charge in [-0.25, -0.2) is 25.3 Å². The largest absolute Gasteiger partial charge is 0.489 e. The highest BCUT2D eigenvalue weighted by atomic mass is 35.5. The minimum absolute atomic E-state index is 0.00406. The first-order valence-corrected chi connectivity index (χ1v) is 9.47. The van der Waals surface area contributed by atoms with Crippen LogP contribution in [0, 0.1) is 5.82 Å². The van der Waals surface area contributed by atoms with Crippen molar-refractivity contribution in [2.45, 2.75) is 18.9 Å². The monoisotopic (exact) mass is 437 g/mol. The second kappa shape index (κ2) is 9.55. The number of hydrogen-bond acceptors (Lipinski definition) is 8. The van der Waals surface area contributed by atoms with E-state index < -0.39 is 18.3 Å². The topological polar surface area (TPSA) is 143 Å². The number of carboxylic acid groups (broad SMARTS) is 1. The fraction of sp³-hybridized carbons (Fsp3) is 0.333. The van der Waals surface area contributed by atoms with Crippen LogP contribution in [0.2, 0.25) is 5.02 Å². The van der Waals surface area contributed by atoms with E-state index in [9.17, 15) is 9.18 Å². The third-order valence-corrected chi connectivity index (χ3v) is 4.69. The van der Waals surface area contributed by atoms with E-state index in [2.05, 4.69) is 15.1 Å². The molecule has 3 rings (SSSR count). The predicted octanol–water partition coefficient (Wildman–Crippen LogP) is 1.20. The van der Waals surface area contributed by atoms with Gasteiger partial charge in [0.05, 0.1) is 10.6 Å². The third-order valence-electron chi connectivity index (χ3n) is 4.38. The number of anilines is 1. The summed E-state index contributed by atoms with van der Waals surface area (Å²) in [6.07, 6.45) is 4.28. The number of piperidine rings is 1. The summed E-state index contributed by atoms with van der Waals surface area (Å²) in [5, 5.41) is 13.5. The lowest BCUT2D eigenvalue weighted by Crippen LogP contribution is -2.39. The Kier molecular flexibility index (Phi) is 6.85. The van der Waals surface area contributed by atoms with E-state index in [1.54, 1.807) is 0 Å². The van der Waals surface area contributed by atoms with Gasteiger partial charge in [-0.15, -0.1) is 5.10 Å². The number of hydrazine groups is 1. The molecule has 0 saturated carbocycles. The van der Waals surface area contributed by atoms with E-state index in [4.69, 9.17) is 33.0 Å². The minimum atomic E-state index is -1.13. The van der Waals surface area contributed by atoms with Crippen molar-refractivity contribution in [3.8, 4) is 5.75 Å². The molecule has 1 aliphatic heterocycles. The van der Waals surface area contributed by atoms with Crippen molar-refractivity contribution in [2.75, 3.05) is 24.5 Å². The zero-order chi connectivity index (χ0) is 21.7. The van der Waals surface area contributed by atoms with Crippen LogP contribution in [0.5, 0.6) is 5.75 Å². The number of aromatic nitrogens is 2. The van der Waals surface area contributed by atoms with E-state index in [0.717, 1.165) is 5.12 Å². The lowest BCUT2D eigenvalue weighted by atomic mass is 10.1. The molecule has 0 radical (unpaired) electrons. The lowest BCUT2D eigenvalue weighted by molar-refractivity contribution is -0.138. The quantitative estimate of drug-likeness (QED) is 0.252. The summed E-state index contributed by atoms with van der Waals surface area (Å²) < 4.78 is 19.2. The lowest BCUT2D eigenvalue weighted by Gasteiger charge is -2.32. The normalized spacial score (nSPS) is 15.2. The van der Waals surface area contributed by atoms with Crippen LogP contribution < -0.4 is 21.2 Å². The molecular weight excluding hydrogens is 417 g/mol. The summed E-state index contributed by atoms with van der Waals surface area (Å²) in [6, 6.07) is 4.03. The summed E-state index contributed by atoms with van der Waals surface area (Å²) in [4.78, 5) is 21.2. The van der Waals surface area contributed by atoms with Crippen molar-refractivity contribution in [1.29, 1.82) is 0 Å². The molecule has 1 fully saturated rings. The summed E-state index contributed by atoms with van der Waals surface area (Å²) in [5.41, 5.74) is 6.22. The number of carboxylic acids is 1. The number of rotatable bonds is 7. The Morgan fingerprint density at radius 3 is 2.67 bits per heavy atom. The van der Waals surface area contributed by atoms with Gasteiger partial charge in [0.15, 0.2) is 12.4 Å². The maximum atomic E-state index is 13.4. The van der Waals surface area contributed by atoms with Crippen molar-refractivity contribution >= 4 is 29.4 Å². The average molecular weight is 438 g/mol. The Hall–Kier alpha value is -3.18. The van der Waals surface area contributed by atoms with E-state index >= 15 is 0 Å². The third kappa shape index (κ3) is 5.67. The van der Waals surface area contributed by atoms with Crippen molar-refractivity contribution < 1.29 is 19.0 Å². The predicted molar refractivity (Wildman–Crippen MR) is 109 cm³/mol. The molecule has 1 saturated heterocycles. The van der Waals surface area contributed by atoms with Crippen molar-refractivity contribution in [3.63, 3.8) is 0 Å². The summed E-state index contributed by atoms with van der Waals surface area (Å²) in [7, 11) is 0. The zero-order valence-corrected chi connectivity index (χ0v) is 16.7. The van der Waals surface area contributed by atoms with Gasteiger partial charge in [0.1, 0.15) is 17.7 Å². The van der Waals surface area contributed by atoms with Gasteiger partial charge >= 0.3 is 5.97 Å². The van der Waals surface area contributed by atoms with Crippen LogP contribution in [-0.2, 0) is 4.79 Å². The van der Waals surface area contributed by atoms with Crippen LogP contribution in [0.4, 0.5) is 10.3 Å². The number of benzene rings is 1. The fourth-order valence-corrected chi connectivity index (χ4v) is 3.07. The van der Waals surface area contributed by atoms with Gasteiger partial charge in [-0.3, -0.25) is 4.79 Å². The zero-order valence-electron chi connectivity index (χ0n) is 15.9. The first-order valence-electron chi connectivity index (χ1n) is 9.09. The number of hydrazone groups is 1. The molecule has 0 aliphatic carbocycles. The number of aliphatic carboxylic acids is 1. The first-order chi connectivity index (χ1) is 14.3. The molecular formula is C18H21ClFN7O3. The highest BCUT2D eigenvalue weighted by Gasteiger charge is 2.23. The molecule has 2 heterocycles. The van der Waals surface area contributed by atoms with Crippen LogP contribution in [0.1, 0.15) is 18.4 Å². The molecule has 2 aromatic rings. The van der Waals surface area contributed by atoms with Crippen molar-refractivity contribution in [3.05, 3.63) is 47.0 Å². The van der Waals surface area contributed by atoms with Gasteiger partial charge in [-0.05, 0) is 12.1 Å². The minimum Gasteiger partial charge on any atom is -0.489 e. The van der Waals surface area contributed by atoms with Gasteiger partial charge in [-0.2, -0.15) is 0 Å². The molecule has 0 unspecified atom stereocenters. The Balaban J connectivity index is 1.56. The Morgan fingerprint density at radius 1 is 1.37 bits per heavy atom. The van der Waals surface area contributed by atoms with E-state index in [1.165, 1.54) is 30.6 Å². The Labute approximate surface area is 176 Å². The van der Waals surface area contributed by atoms with Crippen LogP contribution in [0.25, 0.3) is 0 Å². The number of amidine groups is 1. The van der Waals surface area contributed by atoms with Gasteiger partial charge in [0.25, 0.3) is 0 Å². The van der Waals surface area contributed by atoms with Crippen LogP contribution >= 0.6 is 11.6 Å². The molecule has 1 aliphatic rings. The van der Waals surface area contributed by atoms with Crippen LogP contribution in [-0.4, -0.2) is 57.7 Å². The highest BCUT2D eigenvalue weighted by molar-refractivity contribution is 6.32. The van der Waals surface area contributed by atoms with Gasteiger partial charge in [-0.1, -0.05) is 11.6 Å². The summed E-state index contributed by atoms with van der Waals surface area (Å²) in [6.45, 7) is 0.808. The van der Waals surface area contributed by atoms with Crippen molar-refractivity contribution in [1.82, 2.24) is 15.1 Å². The second-order valence-electron chi connectivity index (χ2n) is 6.63. The number of hydrogen-bond donors (Lipinski definition) is 3. The smallest absolute Gasteiger partial charge is 0.326 e. The number of ether oxygens (including phenoxy) is 1. The molecule has 0 amide bonds. The van der Waals surface area contributed by atoms with Gasteiger partial charge in [0.2, 0.25) is 5.95 Å². The number of nitrogens with zero attached hydrogens (tertiary/aromatic N) is 5. The SMILES string of the molecule is N/C(=N\N(N)CC(=O)O)c1cnc(N2CCC(Oc3cc(F)ccc3Cl)CC2)nc1. The molecule has 1 aromatic heterocycles. The van der Waals surface area contributed by atoms with Crippen LogP contribution in [0.3, 0.4) is 0 Å². The highest BCUT2D eigenvalue weighted by Crippen LogP contribution is 2.28. The molecule has 10 nitrogen and oxygen atoms in total. The Bertz CT molecular complexity index is 920. The first kappa shape index (κ1) is 21.5. The molecule has 0 atom stereocenters. The number of carbonyl (C=O) groups is 1. The number of nitrogens with two attached hydrogens (primary N) is 2. The van der Waals surface area contributed by atoms with Crippen LogP contribution in [0.15, 0.2) is 35.7 Å². The average Bonchev–Trinajstić information content (AvgIpc) is 2.71. The molecule has 5 N–H and O–H groups in total. The van der Waals surface area contributed by atoms with Gasteiger partial charge < -0.3 is 20.5 Å². The molecule has 0 bridgehead atoms. The Morgan fingerprint density at radius 2 is 2.03 bits per heavy atom. The second-order valence-corrected chi connectivity index (χ2v) is 7.03. The number of halogens is 2.